The summed E-state index contributed by atoms with van der Waals surface area (Å²) in [6.07, 6.45) is 5.64. The summed E-state index contributed by atoms with van der Waals surface area (Å²) in [5.74, 6) is 1.98. The average Bonchev–Trinajstić information content (AvgIpc) is 2.80. The molecule has 0 spiro atoms. The highest BCUT2D eigenvalue weighted by Crippen LogP contribution is 2.32. The standard InChI is InChI=1S/C25H28N4O4S/c26-34(30,31)18-19-9-7-10-20(17-19)29-24-21-11-8-15-28-25(21)33-23-13-4-3-12-22(23)32-16-6-2-1-5-14-27-24/h3-4,7-13,15,17H,1-2,5-6,14,16,18H2,(H,27,29)(H2,26,30,31). The zero-order chi connectivity index (χ0) is 23.8. The maximum Gasteiger partial charge on any atom is 0.230 e. The lowest BCUT2D eigenvalue weighted by molar-refractivity contribution is 0.290. The van der Waals surface area contributed by atoms with Crippen molar-refractivity contribution in [3.63, 3.8) is 0 Å². The van der Waals surface area contributed by atoms with Crippen molar-refractivity contribution in [2.24, 2.45) is 10.1 Å². The van der Waals surface area contributed by atoms with Crippen LogP contribution in [0.5, 0.6) is 17.4 Å². The third kappa shape index (κ3) is 6.79. The summed E-state index contributed by atoms with van der Waals surface area (Å²) in [4.78, 5) is 9.27. The van der Waals surface area contributed by atoms with Crippen LogP contribution in [-0.4, -0.2) is 32.4 Å². The van der Waals surface area contributed by atoms with Crippen LogP contribution in [0.25, 0.3) is 0 Å². The van der Waals surface area contributed by atoms with Crippen LogP contribution in [0.4, 0.5) is 5.69 Å². The molecule has 3 N–H and O–H groups in total. The van der Waals surface area contributed by atoms with Gasteiger partial charge in [0.15, 0.2) is 11.5 Å². The highest BCUT2D eigenvalue weighted by atomic mass is 32.2. The summed E-state index contributed by atoms with van der Waals surface area (Å²) in [5, 5.41) is 8.55. The third-order valence-corrected chi connectivity index (χ3v) is 5.96. The number of nitrogens with zero attached hydrogens (tertiary/aromatic N) is 2. The number of pyridine rings is 1. The third-order valence-electron chi connectivity index (χ3n) is 5.22. The monoisotopic (exact) mass is 480 g/mol. The zero-order valence-corrected chi connectivity index (χ0v) is 19.6. The second-order valence-electron chi connectivity index (χ2n) is 8.03. The van der Waals surface area contributed by atoms with Crippen molar-refractivity contribution < 1.29 is 17.9 Å². The molecule has 2 aromatic carbocycles. The van der Waals surface area contributed by atoms with Gasteiger partial charge in [0.25, 0.3) is 0 Å². The van der Waals surface area contributed by atoms with Crippen LogP contribution in [-0.2, 0) is 15.8 Å². The van der Waals surface area contributed by atoms with Crippen LogP contribution < -0.4 is 19.9 Å². The minimum atomic E-state index is -3.64. The van der Waals surface area contributed by atoms with E-state index in [1.807, 2.05) is 42.5 Å². The first kappa shape index (κ1) is 23.7. The fourth-order valence-corrected chi connectivity index (χ4v) is 4.29. The number of nitrogens with two attached hydrogens (primary N) is 1. The van der Waals surface area contributed by atoms with Crippen molar-refractivity contribution in [3.05, 3.63) is 78.0 Å². The molecule has 4 rings (SSSR count). The summed E-state index contributed by atoms with van der Waals surface area (Å²) in [5.41, 5.74) is 1.97. The predicted molar refractivity (Wildman–Crippen MR) is 133 cm³/mol. The zero-order valence-electron chi connectivity index (χ0n) is 18.8. The number of para-hydroxylation sites is 2. The number of sulfonamides is 1. The van der Waals surface area contributed by atoms with Crippen LogP contribution >= 0.6 is 0 Å². The Bertz CT molecular complexity index is 1260. The molecule has 0 unspecified atom stereocenters. The van der Waals surface area contributed by atoms with Crippen molar-refractivity contribution >= 4 is 21.5 Å². The van der Waals surface area contributed by atoms with Gasteiger partial charge in [0.1, 0.15) is 5.84 Å². The van der Waals surface area contributed by atoms with Gasteiger partial charge in [-0.2, -0.15) is 0 Å². The van der Waals surface area contributed by atoms with Crippen LogP contribution in [0.3, 0.4) is 0 Å². The van der Waals surface area contributed by atoms with Crippen molar-refractivity contribution in [2.45, 2.75) is 31.4 Å². The number of aliphatic imine (C=N–C) groups is 1. The van der Waals surface area contributed by atoms with Gasteiger partial charge in [-0.05, 0) is 61.2 Å². The van der Waals surface area contributed by atoms with Gasteiger partial charge in [-0.15, -0.1) is 0 Å². The fraction of sp³-hybridized carbons (Fsp3) is 0.280. The van der Waals surface area contributed by atoms with E-state index in [9.17, 15) is 8.42 Å². The summed E-state index contributed by atoms with van der Waals surface area (Å²) >= 11 is 0. The lowest BCUT2D eigenvalue weighted by atomic mass is 10.2. The number of anilines is 1. The molecule has 0 amide bonds. The van der Waals surface area contributed by atoms with E-state index < -0.39 is 10.0 Å². The van der Waals surface area contributed by atoms with Gasteiger partial charge in [0.2, 0.25) is 15.9 Å². The van der Waals surface area contributed by atoms with Gasteiger partial charge >= 0.3 is 0 Å². The van der Waals surface area contributed by atoms with E-state index in [0.717, 1.165) is 25.7 Å². The topological polar surface area (TPSA) is 116 Å². The minimum absolute atomic E-state index is 0.243. The molecule has 2 heterocycles. The van der Waals surface area contributed by atoms with E-state index in [1.165, 1.54) is 0 Å². The Morgan fingerprint density at radius 1 is 0.941 bits per heavy atom. The van der Waals surface area contributed by atoms with Gasteiger partial charge in [0, 0.05) is 18.4 Å². The Balaban J connectivity index is 1.69. The molecule has 9 heteroatoms. The number of fused-ring (bicyclic) bond motifs is 2. The molecule has 1 aromatic heterocycles. The van der Waals surface area contributed by atoms with E-state index in [2.05, 4.69) is 10.3 Å². The average molecular weight is 481 g/mol. The lowest BCUT2D eigenvalue weighted by Crippen LogP contribution is -2.17. The maximum atomic E-state index is 11.5. The van der Waals surface area contributed by atoms with Gasteiger partial charge < -0.3 is 14.8 Å². The smallest absolute Gasteiger partial charge is 0.230 e. The number of hydrogen-bond donors (Lipinski definition) is 2. The first-order chi connectivity index (χ1) is 16.5. The van der Waals surface area contributed by atoms with Gasteiger partial charge in [-0.25, -0.2) is 18.5 Å². The minimum Gasteiger partial charge on any atom is -0.490 e. The highest BCUT2D eigenvalue weighted by molar-refractivity contribution is 7.88. The van der Waals surface area contributed by atoms with Crippen molar-refractivity contribution in [1.29, 1.82) is 0 Å². The molecule has 1 aliphatic rings. The number of ether oxygens (including phenoxy) is 2. The molecular formula is C25H28N4O4S. The van der Waals surface area contributed by atoms with Crippen LogP contribution in [0.15, 0.2) is 71.9 Å². The summed E-state index contributed by atoms with van der Waals surface area (Å²) in [7, 11) is -3.64. The van der Waals surface area contributed by atoms with Gasteiger partial charge in [-0.3, -0.25) is 4.99 Å². The van der Waals surface area contributed by atoms with E-state index in [1.54, 1.807) is 24.4 Å². The van der Waals surface area contributed by atoms with E-state index >= 15 is 0 Å². The number of rotatable bonds is 3. The predicted octanol–water partition coefficient (Wildman–Crippen LogP) is 4.47. The Labute approximate surface area is 199 Å². The largest absolute Gasteiger partial charge is 0.490 e. The Morgan fingerprint density at radius 2 is 1.76 bits per heavy atom. The Hall–Kier alpha value is -3.43. The lowest BCUT2D eigenvalue weighted by Gasteiger charge is -2.17. The number of benzene rings is 2. The van der Waals surface area contributed by atoms with Gasteiger partial charge in [0.05, 0.1) is 17.9 Å². The quantitative estimate of drug-likeness (QED) is 0.571. The second-order valence-corrected chi connectivity index (χ2v) is 9.64. The van der Waals surface area contributed by atoms with Crippen LogP contribution in [0.1, 0.15) is 36.8 Å². The van der Waals surface area contributed by atoms with Crippen molar-refractivity contribution in [1.82, 2.24) is 4.98 Å². The molecule has 1 aliphatic heterocycles. The molecule has 0 saturated heterocycles. The summed E-state index contributed by atoms with van der Waals surface area (Å²) in [6, 6.07) is 18.3. The van der Waals surface area contributed by atoms with E-state index in [4.69, 9.17) is 19.6 Å². The molecule has 3 aromatic rings. The highest BCUT2D eigenvalue weighted by Gasteiger charge is 2.16. The van der Waals surface area contributed by atoms with Crippen LogP contribution in [0, 0.1) is 0 Å². The van der Waals surface area contributed by atoms with E-state index in [-0.39, 0.29) is 5.75 Å². The maximum absolute atomic E-state index is 11.5. The number of hydrogen-bond acceptors (Lipinski definition) is 7. The molecular weight excluding hydrogens is 452 g/mol. The summed E-state index contributed by atoms with van der Waals surface area (Å²) in [6.45, 7) is 1.26. The first-order valence-corrected chi connectivity index (χ1v) is 13.0. The molecule has 8 nitrogen and oxygen atoms in total. The number of aromatic nitrogens is 1. The molecule has 178 valence electrons. The molecule has 0 fully saturated rings. The van der Waals surface area contributed by atoms with Crippen LogP contribution in [0.2, 0.25) is 0 Å². The molecule has 0 saturated carbocycles. The molecule has 0 atom stereocenters. The second kappa shape index (κ2) is 11.1. The Kier molecular flexibility index (Phi) is 7.76. The number of amidine groups is 1. The number of nitrogens with one attached hydrogen (secondary N) is 1. The Morgan fingerprint density at radius 3 is 2.62 bits per heavy atom. The van der Waals surface area contributed by atoms with E-state index in [0.29, 0.717) is 53.2 Å². The normalized spacial score (nSPS) is 14.9. The van der Waals surface area contributed by atoms with Crippen molar-refractivity contribution in [2.75, 3.05) is 18.5 Å². The molecule has 0 bridgehead atoms. The summed E-state index contributed by atoms with van der Waals surface area (Å²) < 4.78 is 35.2. The SMILES string of the molecule is NS(=O)(=O)Cc1cccc(NC2=NCCCCCCOc3ccccc3Oc3ncccc32)c1. The molecule has 34 heavy (non-hydrogen) atoms. The molecule has 0 radical (unpaired) electrons. The number of primary sulfonamides is 1. The van der Waals surface area contributed by atoms with Crippen molar-refractivity contribution in [3.8, 4) is 17.4 Å². The van der Waals surface area contributed by atoms with Gasteiger partial charge in [-0.1, -0.05) is 30.7 Å². The molecule has 0 aliphatic carbocycles. The first-order valence-electron chi connectivity index (χ1n) is 11.2. The fourth-order valence-electron chi connectivity index (χ4n) is 3.65.